The van der Waals surface area contributed by atoms with Crippen LogP contribution in [0.4, 0.5) is 0 Å². The van der Waals surface area contributed by atoms with E-state index in [9.17, 15) is 19.8 Å². The van der Waals surface area contributed by atoms with Crippen molar-refractivity contribution in [3.05, 3.63) is 24.3 Å². The number of rotatable bonds is 48. The van der Waals surface area contributed by atoms with E-state index in [-0.39, 0.29) is 24.9 Å². The SMILES string of the molecule is CCCCC/C=C\C/C=C\CCCCCCCCCC(=O)OC(CCCCCCCCCCCCCCCCC)CC(=O)NC(CO)C(O)CCCCCCCCCCC. The number of nitrogens with one attached hydrogen (secondary N) is 1. The normalized spacial score (nSPS) is 13.3. The number of esters is 1. The Morgan fingerprint density at radius 1 is 0.483 bits per heavy atom. The van der Waals surface area contributed by atoms with Crippen LogP contribution in [-0.4, -0.2) is 46.9 Å². The summed E-state index contributed by atoms with van der Waals surface area (Å²) in [5, 5.41) is 23.7. The van der Waals surface area contributed by atoms with Gasteiger partial charge in [-0.1, -0.05) is 238 Å². The van der Waals surface area contributed by atoms with Gasteiger partial charge in [0.15, 0.2) is 0 Å². The average Bonchev–Trinajstić information content (AvgIpc) is 3.24. The predicted octanol–water partition coefficient (Wildman–Crippen LogP) is 15.9. The third-order valence-electron chi connectivity index (χ3n) is 12.3. The molecular weight excluding hydrogens is 743 g/mol. The number of aliphatic hydroxyl groups is 2. The van der Waals surface area contributed by atoms with E-state index < -0.39 is 18.2 Å². The number of carbonyl (C=O) groups is 2. The highest BCUT2D eigenvalue weighted by molar-refractivity contribution is 5.77. The summed E-state index contributed by atoms with van der Waals surface area (Å²) in [6.07, 6.45) is 55.2. The van der Waals surface area contributed by atoms with E-state index in [2.05, 4.69) is 50.4 Å². The first kappa shape index (κ1) is 58.3. The third-order valence-corrected chi connectivity index (χ3v) is 12.3. The molecule has 0 aromatic heterocycles. The van der Waals surface area contributed by atoms with Gasteiger partial charge in [-0.3, -0.25) is 9.59 Å². The van der Waals surface area contributed by atoms with E-state index in [4.69, 9.17) is 4.74 Å². The number of hydrogen-bond acceptors (Lipinski definition) is 5. The molecule has 1 amide bonds. The zero-order chi connectivity index (χ0) is 43.8. The molecule has 60 heavy (non-hydrogen) atoms. The highest BCUT2D eigenvalue weighted by Crippen LogP contribution is 2.18. The Kier molecular flexibility index (Phi) is 47.0. The van der Waals surface area contributed by atoms with Gasteiger partial charge in [-0.2, -0.15) is 0 Å². The minimum atomic E-state index is -0.783. The van der Waals surface area contributed by atoms with E-state index >= 15 is 0 Å². The maximum atomic E-state index is 13.2. The molecule has 0 aliphatic rings. The van der Waals surface area contributed by atoms with Crippen LogP contribution in [0.5, 0.6) is 0 Å². The van der Waals surface area contributed by atoms with Gasteiger partial charge in [0.05, 0.1) is 25.2 Å². The van der Waals surface area contributed by atoms with Crippen LogP contribution in [-0.2, 0) is 14.3 Å². The molecule has 0 bridgehead atoms. The topological polar surface area (TPSA) is 95.9 Å². The molecule has 0 aliphatic heterocycles. The van der Waals surface area contributed by atoms with Gasteiger partial charge in [0, 0.05) is 6.42 Å². The first-order chi connectivity index (χ1) is 29.5. The van der Waals surface area contributed by atoms with Crippen LogP contribution in [0.25, 0.3) is 0 Å². The smallest absolute Gasteiger partial charge is 0.306 e. The zero-order valence-corrected chi connectivity index (χ0v) is 40.4. The summed E-state index contributed by atoms with van der Waals surface area (Å²) in [5.41, 5.74) is 0. The monoisotopic (exact) mass is 846 g/mol. The summed E-state index contributed by atoms with van der Waals surface area (Å²) in [5.74, 6) is -0.468. The van der Waals surface area contributed by atoms with Crippen LogP contribution >= 0.6 is 0 Å². The Balaban J connectivity index is 4.53. The predicted molar refractivity (Wildman–Crippen MR) is 260 cm³/mol. The van der Waals surface area contributed by atoms with Crippen molar-refractivity contribution in [3.63, 3.8) is 0 Å². The maximum Gasteiger partial charge on any atom is 0.306 e. The second kappa shape index (κ2) is 48.4. The van der Waals surface area contributed by atoms with Crippen LogP contribution in [0, 0.1) is 0 Å². The molecule has 354 valence electrons. The molecule has 3 unspecified atom stereocenters. The van der Waals surface area contributed by atoms with E-state index in [1.165, 1.54) is 173 Å². The molecular formula is C54H103NO5. The van der Waals surface area contributed by atoms with Gasteiger partial charge in [0.1, 0.15) is 6.10 Å². The molecule has 3 N–H and O–H groups in total. The van der Waals surface area contributed by atoms with Crippen molar-refractivity contribution in [1.29, 1.82) is 0 Å². The van der Waals surface area contributed by atoms with Crippen molar-refractivity contribution >= 4 is 11.9 Å². The molecule has 0 saturated heterocycles. The summed E-state index contributed by atoms with van der Waals surface area (Å²) in [4.78, 5) is 26.1. The van der Waals surface area contributed by atoms with Gasteiger partial charge in [-0.05, 0) is 57.8 Å². The average molecular weight is 846 g/mol. The van der Waals surface area contributed by atoms with Crippen molar-refractivity contribution in [2.75, 3.05) is 6.61 Å². The molecule has 0 fully saturated rings. The van der Waals surface area contributed by atoms with E-state index in [1.54, 1.807) is 0 Å². The summed E-state index contributed by atoms with van der Waals surface area (Å²) in [6.45, 7) is 6.46. The quantitative estimate of drug-likeness (QED) is 0.0322. The van der Waals surface area contributed by atoms with Crippen LogP contribution < -0.4 is 5.32 Å². The number of amides is 1. The molecule has 6 nitrogen and oxygen atoms in total. The van der Waals surface area contributed by atoms with Crippen molar-refractivity contribution < 1.29 is 24.5 Å². The highest BCUT2D eigenvalue weighted by atomic mass is 16.5. The van der Waals surface area contributed by atoms with E-state index in [0.717, 1.165) is 64.2 Å². The number of unbranched alkanes of at least 4 members (excludes halogenated alkanes) is 32. The second-order valence-corrected chi connectivity index (χ2v) is 18.3. The number of ether oxygens (including phenoxy) is 1. The lowest BCUT2D eigenvalue weighted by Crippen LogP contribution is -2.46. The lowest BCUT2D eigenvalue weighted by atomic mass is 10.0. The Bertz CT molecular complexity index is 950. The number of hydrogen-bond donors (Lipinski definition) is 3. The molecule has 0 heterocycles. The maximum absolute atomic E-state index is 13.2. The standard InChI is InChI=1S/C54H103NO5/c1-4-7-10-13-16-19-21-23-25-26-28-30-32-35-38-41-44-47-54(59)60-50(45-42-39-36-34-31-29-27-24-22-20-17-14-11-8-5-2)48-53(58)55-51(49-56)52(57)46-43-40-37-33-18-15-12-9-6-3/h16,19,23,25,50-52,56-57H,4-15,17-18,20-22,24,26-49H2,1-3H3,(H,55,58)/b19-16-,25-23-. The molecule has 6 heteroatoms. The summed E-state index contributed by atoms with van der Waals surface area (Å²) < 4.78 is 5.94. The lowest BCUT2D eigenvalue weighted by molar-refractivity contribution is -0.151. The number of carbonyl (C=O) groups excluding carboxylic acids is 2. The minimum Gasteiger partial charge on any atom is -0.462 e. The van der Waals surface area contributed by atoms with Crippen molar-refractivity contribution in [2.24, 2.45) is 0 Å². The summed E-state index contributed by atoms with van der Waals surface area (Å²) in [6, 6.07) is -0.697. The largest absolute Gasteiger partial charge is 0.462 e. The number of aliphatic hydroxyl groups excluding tert-OH is 2. The van der Waals surface area contributed by atoms with E-state index in [0.29, 0.717) is 19.3 Å². The van der Waals surface area contributed by atoms with Gasteiger partial charge < -0.3 is 20.3 Å². The fourth-order valence-electron chi connectivity index (χ4n) is 8.23. The Morgan fingerprint density at radius 3 is 1.30 bits per heavy atom. The van der Waals surface area contributed by atoms with Gasteiger partial charge in [-0.25, -0.2) is 0 Å². The van der Waals surface area contributed by atoms with Gasteiger partial charge in [0.2, 0.25) is 5.91 Å². The third kappa shape index (κ3) is 43.0. The first-order valence-electron chi connectivity index (χ1n) is 26.6. The molecule has 0 radical (unpaired) electrons. The van der Waals surface area contributed by atoms with E-state index in [1.807, 2.05) is 0 Å². The van der Waals surface area contributed by atoms with Crippen molar-refractivity contribution in [3.8, 4) is 0 Å². The van der Waals surface area contributed by atoms with Crippen LogP contribution in [0.15, 0.2) is 24.3 Å². The minimum absolute atomic E-state index is 0.0799. The van der Waals surface area contributed by atoms with Gasteiger partial charge in [-0.15, -0.1) is 0 Å². The molecule has 0 rings (SSSR count). The highest BCUT2D eigenvalue weighted by Gasteiger charge is 2.24. The molecule has 0 aromatic carbocycles. The molecule has 0 saturated carbocycles. The van der Waals surface area contributed by atoms with Gasteiger partial charge in [0.25, 0.3) is 0 Å². The molecule has 0 spiro atoms. The fraction of sp³-hybridized carbons (Fsp3) is 0.889. The zero-order valence-electron chi connectivity index (χ0n) is 40.4. The Hall–Kier alpha value is -1.66. The Labute approximate surface area is 373 Å². The lowest BCUT2D eigenvalue weighted by Gasteiger charge is -2.24. The van der Waals surface area contributed by atoms with Crippen molar-refractivity contribution in [2.45, 2.75) is 302 Å². The fourth-order valence-corrected chi connectivity index (χ4v) is 8.23. The van der Waals surface area contributed by atoms with Gasteiger partial charge >= 0.3 is 5.97 Å². The summed E-state index contributed by atoms with van der Waals surface area (Å²) >= 11 is 0. The van der Waals surface area contributed by atoms with Crippen LogP contribution in [0.2, 0.25) is 0 Å². The van der Waals surface area contributed by atoms with Crippen molar-refractivity contribution in [1.82, 2.24) is 5.32 Å². The number of allylic oxidation sites excluding steroid dienone is 4. The molecule has 0 aromatic rings. The first-order valence-corrected chi connectivity index (χ1v) is 26.6. The van der Waals surface area contributed by atoms with Crippen LogP contribution in [0.1, 0.15) is 284 Å². The molecule has 3 atom stereocenters. The second-order valence-electron chi connectivity index (χ2n) is 18.3. The van der Waals surface area contributed by atoms with Crippen LogP contribution in [0.3, 0.4) is 0 Å². The Morgan fingerprint density at radius 2 is 0.850 bits per heavy atom. The molecule has 0 aliphatic carbocycles. The summed E-state index contributed by atoms with van der Waals surface area (Å²) in [7, 11) is 0.